The fourth-order valence-corrected chi connectivity index (χ4v) is 5.59. The van der Waals surface area contributed by atoms with Crippen molar-refractivity contribution >= 4 is 17.7 Å². The molecule has 0 radical (unpaired) electrons. The van der Waals surface area contributed by atoms with Gasteiger partial charge >= 0.3 is 0 Å². The number of amides is 3. The Labute approximate surface area is 248 Å². The second kappa shape index (κ2) is 14.6. The van der Waals surface area contributed by atoms with Crippen molar-refractivity contribution in [1.29, 1.82) is 0 Å². The summed E-state index contributed by atoms with van der Waals surface area (Å²) in [4.78, 5) is 43.3. The van der Waals surface area contributed by atoms with E-state index in [0.717, 1.165) is 24.0 Å². The van der Waals surface area contributed by atoms with Crippen LogP contribution in [0.4, 0.5) is 0 Å². The van der Waals surface area contributed by atoms with Crippen LogP contribution in [0.2, 0.25) is 0 Å². The van der Waals surface area contributed by atoms with Crippen molar-refractivity contribution in [3.05, 3.63) is 101 Å². The van der Waals surface area contributed by atoms with Gasteiger partial charge in [-0.05, 0) is 55.9 Å². The summed E-state index contributed by atoms with van der Waals surface area (Å²) in [7, 11) is 0. The molecule has 1 saturated heterocycles. The fourth-order valence-electron chi connectivity index (χ4n) is 5.59. The molecule has 3 N–H and O–H groups in total. The van der Waals surface area contributed by atoms with Crippen LogP contribution in [0.5, 0.6) is 5.75 Å². The van der Waals surface area contributed by atoms with E-state index in [1.54, 1.807) is 24.0 Å². The van der Waals surface area contributed by atoms with Gasteiger partial charge in [0, 0.05) is 44.1 Å². The highest BCUT2D eigenvalue weighted by atomic mass is 16.3. The molecule has 0 aromatic heterocycles. The normalized spacial score (nSPS) is 15.1. The van der Waals surface area contributed by atoms with Gasteiger partial charge in [-0.1, -0.05) is 66.7 Å². The molecule has 1 fully saturated rings. The molecule has 4 rings (SSSR count). The summed E-state index contributed by atoms with van der Waals surface area (Å²) in [6.07, 6.45) is 1.80. The number of aliphatic hydroxyl groups is 1. The summed E-state index contributed by atoms with van der Waals surface area (Å²) in [6, 6.07) is 22.6. The van der Waals surface area contributed by atoms with Crippen LogP contribution in [-0.4, -0.2) is 75.6 Å². The van der Waals surface area contributed by atoms with Crippen LogP contribution in [0.25, 0.3) is 0 Å². The SMILES string of the molecule is CC(=O)N(CC[C@@H](O)[C@H](Cc1ccccc1)NC(=O)c1cccc(O)c1C)[C@@H](Cc1ccccc1)C(=O)N1CCCC1. The lowest BCUT2D eigenvalue weighted by atomic mass is 9.97. The number of phenols is 1. The molecule has 3 aromatic carbocycles. The number of rotatable bonds is 12. The zero-order valence-electron chi connectivity index (χ0n) is 24.4. The Kier molecular flexibility index (Phi) is 10.7. The summed E-state index contributed by atoms with van der Waals surface area (Å²) in [5, 5.41) is 24.5. The lowest BCUT2D eigenvalue weighted by Gasteiger charge is -2.34. The van der Waals surface area contributed by atoms with E-state index in [-0.39, 0.29) is 30.5 Å². The number of hydrogen-bond acceptors (Lipinski definition) is 5. The summed E-state index contributed by atoms with van der Waals surface area (Å²) in [6.45, 7) is 4.63. The zero-order chi connectivity index (χ0) is 30.1. The molecule has 0 aliphatic carbocycles. The highest BCUT2D eigenvalue weighted by Crippen LogP contribution is 2.21. The van der Waals surface area contributed by atoms with Crippen LogP contribution in [-0.2, 0) is 22.4 Å². The van der Waals surface area contributed by atoms with Gasteiger partial charge in [-0.15, -0.1) is 0 Å². The third kappa shape index (κ3) is 7.97. The van der Waals surface area contributed by atoms with Crippen molar-refractivity contribution in [3.8, 4) is 5.75 Å². The van der Waals surface area contributed by atoms with Gasteiger partial charge in [0.1, 0.15) is 11.8 Å². The number of carbonyl (C=O) groups is 3. The number of hydrogen-bond donors (Lipinski definition) is 3. The molecule has 0 unspecified atom stereocenters. The number of likely N-dealkylation sites (tertiary alicyclic amines) is 1. The van der Waals surface area contributed by atoms with E-state index < -0.39 is 24.1 Å². The topological polar surface area (TPSA) is 110 Å². The zero-order valence-corrected chi connectivity index (χ0v) is 24.4. The molecule has 1 heterocycles. The number of nitrogens with one attached hydrogen (secondary N) is 1. The predicted octanol–water partition coefficient (Wildman–Crippen LogP) is 3.87. The van der Waals surface area contributed by atoms with Gasteiger partial charge in [-0.25, -0.2) is 0 Å². The monoisotopic (exact) mass is 571 g/mol. The third-order valence-corrected chi connectivity index (χ3v) is 8.05. The highest BCUT2D eigenvalue weighted by Gasteiger charge is 2.34. The van der Waals surface area contributed by atoms with Crippen molar-refractivity contribution < 1.29 is 24.6 Å². The fraction of sp³-hybridized carbons (Fsp3) is 0.382. The minimum atomic E-state index is -1.01. The van der Waals surface area contributed by atoms with E-state index in [1.807, 2.05) is 65.6 Å². The Bertz CT molecular complexity index is 1340. The van der Waals surface area contributed by atoms with E-state index in [2.05, 4.69) is 5.32 Å². The predicted molar refractivity (Wildman–Crippen MR) is 162 cm³/mol. The van der Waals surface area contributed by atoms with Crippen LogP contribution < -0.4 is 5.32 Å². The first kappa shape index (κ1) is 30.8. The van der Waals surface area contributed by atoms with Gasteiger partial charge in [-0.3, -0.25) is 14.4 Å². The molecule has 3 aromatic rings. The smallest absolute Gasteiger partial charge is 0.252 e. The van der Waals surface area contributed by atoms with Crippen LogP contribution in [0.15, 0.2) is 78.9 Å². The Balaban J connectivity index is 1.54. The second-order valence-electron chi connectivity index (χ2n) is 11.0. The van der Waals surface area contributed by atoms with Crippen LogP contribution in [0.1, 0.15) is 53.2 Å². The average Bonchev–Trinajstić information content (AvgIpc) is 3.53. The van der Waals surface area contributed by atoms with E-state index >= 15 is 0 Å². The minimum Gasteiger partial charge on any atom is -0.508 e. The molecule has 8 heteroatoms. The minimum absolute atomic E-state index is 0.0204. The molecule has 0 saturated carbocycles. The summed E-state index contributed by atoms with van der Waals surface area (Å²) < 4.78 is 0. The van der Waals surface area contributed by atoms with E-state index in [0.29, 0.717) is 37.1 Å². The van der Waals surface area contributed by atoms with Gasteiger partial charge in [-0.2, -0.15) is 0 Å². The first-order valence-electron chi connectivity index (χ1n) is 14.7. The average molecular weight is 572 g/mol. The van der Waals surface area contributed by atoms with Gasteiger partial charge in [0.2, 0.25) is 11.8 Å². The molecule has 222 valence electrons. The molecule has 3 atom stereocenters. The first-order valence-corrected chi connectivity index (χ1v) is 14.7. The molecule has 1 aliphatic heterocycles. The summed E-state index contributed by atoms with van der Waals surface area (Å²) in [5.41, 5.74) is 2.67. The van der Waals surface area contributed by atoms with Crippen LogP contribution >= 0.6 is 0 Å². The molecule has 42 heavy (non-hydrogen) atoms. The van der Waals surface area contributed by atoms with Crippen molar-refractivity contribution in [2.45, 2.75) is 64.1 Å². The second-order valence-corrected chi connectivity index (χ2v) is 11.0. The highest BCUT2D eigenvalue weighted by molar-refractivity contribution is 5.96. The maximum Gasteiger partial charge on any atom is 0.252 e. The Hall–Kier alpha value is -4.17. The van der Waals surface area contributed by atoms with E-state index in [9.17, 15) is 24.6 Å². The molecule has 8 nitrogen and oxygen atoms in total. The standard InChI is InChI=1S/C34H41N3O5/c1-24-28(16-11-17-31(24)39)33(41)35-29(22-26-12-5-3-6-13-26)32(40)18-21-37(25(2)38)30(23-27-14-7-4-8-15-27)34(42)36-19-9-10-20-36/h3-8,11-17,29-30,32,39-40H,9-10,18-23H2,1-2H3,(H,35,41)/t29-,30-,32+/m0/s1. The van der Waals surface area contributed by atoms with E-state index in [4.69, 9.17) is 0 Å². The lowest BCUT2D eigenvalue weighted by Crippen LogP contribution is -2.52. The quantitative estimate of drug-likeness (QED) is 0.306. The maximum atomic E-state index is 13.7. The van der Waals surface area contributed by atoms with Gasteiger partial charge < -0.3 is 25.3 Å². The lowest BCUT2D eigenvalue weighted by molar-refractivity contribution is -0.144. The van der Waals surface area contributed by atoms with Gasteiger partial charge in [0.15, 0.2) is 0 Å². The van der Waals surface area contributed by atoms with Gasteiger partial charge in [0.25, 0.3) is 5.91 Å². The first-order chi connectivity index (χ1) is 20.2. The Morgan fingerprint density at radius 2 is 1.48 bits per heavy atom. The summed E-state index contributed by atoms with van der Waals surface area (Å²) >= 11 is 0. The largest absolute Gasteiger partial charge is 0.508 e. The molecular weight excluding hydrogens is 530 g/mol. The van der Waals surface area contributed by atoms with Gasteiger partial charge in [0.05, 0.1) is 12.1 Å². The third-order valence-electron chi connectivity index (χ3n) is 8.05. The Morgan fingerprint density at radius 3 is 2.07 bits per heavy atom. The number of nitrogens with zero attached hydrogens (tertiary/aromatic N) is 2. The van der Waals surface area contributed by atoms with E-state index in [1.165, 1.54) is 13.0 Å². The summed E-state index contributed by atoms with van der Waals surface area (Å²) in [5.74, 6) is -0.700. The number of phenolic OH excluding ortho intramolecular Hbond substituents is 1. The van der Waals surface area contributed by atoms with Crippen LogP contribution in [0, 0.1) is 6.92 Å². The molecule has 0 bridgehead atoms. The molecule has 1 aliphatic rings. The van der Waals surface area contributed by atoms with Crippen molar-refractivity contribution in [1.82, 2.24) is 15.1 Å². The van der Waals surface area contributed by atoms with Crippen molar-refractivity contribution in [2.24, 2.45) is 0 Å². The maximum absolute atomic E-state index is 13.7. The van der Waals surface area contributed by atoms with Crippen molar-refractivity contribution in [3.63, 3.8) is 0 Å². The van der Waals surface area contributed by atoms with Crippen molar-refractivity contribution in [2.75, 3.05) is 19.6 Å². The Morgan fingerprint density at radius 1 is 0.881 bits per heavy atom. The number of aliphatic hydroxyl groups excluding tert-OH is 1. The molecular formula is C34H41N3O5. The molecule has 3 amide bonds. The number of benzene rings is 3. The number of aromatic hydroxyl groups is 1. The molecule has 0 spiro atoms. The van der Waals surface area contributed by atoms with Crippen LogP contribution in [0.3, 0.4) is 0 Å². The number of carbonyl (C=O) groups excluding carboxylic acids is 3.